The van der Waals surface area contributed by atoms with Crippen molar-refractivity contribution in [1.82, 2.24) is 5.32 Å². The van der Waals surface area contributed by atoms with Crippen LogP contribution in [0.2, 0.25) is 0 Å². The number of anilines is 2. The predicted octanol–water partition coefficient (Wildman–Crippen LogP) is 5.37. The molecule has 0 atom stereocenters. The van der Waals surface area contributed by atoms with E-state index in [1.807, 2.05) is 0 Å². The smallest absolute Gasteiger partial charge is 0.224 e. The van der Waals surface area contributed by atoms with E-state index in [4.69, 9.17) is 0 Å². The van der Waals surface area contributed by atoms with Gasteiger partial charge in [0.2, 0.25) is 5.91 Å². The Hall–Kier alpha value is -1.55. The number of rotatable bonds is 4. The Bertz CT molecular complexity index is 559. The van der Waals surface area contributed by atoms with Crippen molar-refractivity contribution in [2.75, 3.05) is 36.4 Å². The summed E-state index contributed by atoms with van der Waals surface area (Å²) in [4.78, 5) is 14.9. The Balaban J connectivity index is 0.00000182. The maximum Gasteiger partial charge on any atom is 0.224 e. The van der Waals surface area contributed by atoms with Crippen LogP contribution in [0, 0.1) is 12.8 Å². The van der Waals surface area contributed by atoms with Crippen LogP contribution in [0.3, 0.4) is 0 Å². The second kappa shape index (κ2) is 12.0. The molecule has 3 rings (SSSR count). The van der Waals surface area contributed by atoms with E-state index in [2.05, 4.69) is 40.7 Å². The molecule has 1 heterocycles. The van der Waals surface area contributed by atoms with Crippen LogP contribution in [0.15, 0.2) is 18.2 Å². The molecule has 0 unspecified atom stereocenters. The number of hydrogen-bond acceptors (Lipinski definition) is 3. The molecule has 27 heavy (non-hydrogen) atoms. The highest BCUT2D eigenvalue weighted by atomic mass is 16.1. The molecular formula is C23H41N3O. The van der Waals surface area contributed by atoms with Crippen LogP contribution in [0.25, 0.3) is 0 Å². The first-order valence-corrected chi connectivity index (χ1v) is 10.1. The maximum absolute atomic E-state index is 12.5. The summed E-state index contributed by atoms with van der Waals surface area (Å²) in [7, 11) is 0. The fourth-order valence-corrected chi connectivity index (χ4v) is 4.12. The summed E-state index contributed by atoms with van der Waals surface area (Å²) >= 11 is 0. The van der Waals surface area contributed by atoms with Crippen LogP contribution in [0.4, 0.5) is 11.4 Å². The van der Waals surface area contributed by atoms with E-state index in [1.165, 1.54) is 50.6 Å². The largest absolute Gasteiger partial charge is 0.369 e. The van der Waals surface area contributed by atoms with Crippen molar-refractivity contribution in [3.05, 3.63) is 23.8 Å². The summed E-state index contributed by atoms with van der Waals surface area (Å²) in [6.45, 7) is 6.27. The van der Waals surface area contributed by atoms with Gasteiger partial charge in [-0.15, -0.1) is 0 Å². The first kappa shape index (κ1) is 23.5. The molecule has 0 radical (unpaired) electrons. The van der Waals surface area contributed by atoms with Gasteiger partial charge >= 0.3 is 0 Å². The number of carbonyl (C=O) groups excluding carboxylic acids is 1. The number of aryl methyl sites for hydroxylation is 1. The topological polar surface area (TPSA) is 44.4 Å². The first-order chi connectivity index (χ1) is 12.2. The molecule has 154 valence electrons. The fraction of sp³-hybridized carbons (Fsp3) is 0.696. The number of benzene rings is 1. The Kier molecular flexibility index (Phi) is 10.5. The number of carbonyl (C=O) groups is 1. The highest BCUT2D eigenvalue weighted by Crippen LogP contribution is 2.27. The molecule has 0 spiro atoms. The second-order valence-electron chi connectivity index (χ2n) is 7.70. The summed E-state index contributed by atoms with van der Waals surface area (Å²) in [5.41, 5.74) is 3.38. The quantitative estimate of drug-likeness (QED) is 0.744. The van der Waals surface area contributed by atoms with E-state index in [0.717, 1.165) is 37.4 Å². The molecule has 2 N–H and O–H groups in total. The lowest BCUT2D eigenvalue weighted by molar-refractivity contribution is -0.117. The molecule has 1 aliphatic heterocycles. The van der Waals surface area contributed by atoms with Crippen LogP contribution in [0.5, 0.6) is 0 Å². The van der Waals surface area contributed by atoms with Crippen molar-refractivity contribution in [2.24, 2.45) is 5.92 Å². The van der Waals surface area contributed by atoms with Gasteiger partial charge in [0, 0.05) is 44.0 Å². The van der Waals surface area contributed by atoms with Crippen molar-refractivity contribution in [3.63, 3.8) is 0 Å². The average Bonchev–Trinajstić information content (AvgIpc) is 2.60. The van der Waals surface area contributed by atoms with E-state index in [9.17, 15) is 4.79 Å². The summed E-state index contributed by atoms with van der Waals surface area (Å²) in [5, 5.41) is 6.54. The SMILES string of the molecule is C.C.Cc1cc(N2CCNCC2)ccc1NC(=O)CC1CCCCCCC1. The minimum absolute atomic E-state index is 0. The second-order valence-corrected chi connectivity index (χ2v) is 7.70. The van der Waals surface area contributed by atoms with Crippen molar-refractivity contribution in [1.29, 1.82) is 0 Å². The van der Waals surface area contributed by atoms with Gasteiger partial charge in [-0.25, -0.2) is 0 Å². The molecule has 0 aromatic heterocycles. The monoisotopic (exact) mass is 375 g/mol. The van der Waals surface area contributed by atoms with E-state index >= 15 is 0 Å². The maximum atomic E-state index is 12.5. The van der Waals surface area contributed by atoms with Crippen molar-refractivity contribution < 1.29 is 4.79 Å². The predicted molar refractivity (Wildman–Crippen MR) is 119 cm³/mol. The Labute approximate surface area is 167 Å². The van der Waals surface area contributed by atoms with Gasteiger partial charge in [0.15, 0.2) is 0 Å². The lowest BCUT2D eigenvalue weighted by Crippen LogP contribution is -2.43. The molecule has 0 bridgehead atoms. The van der Waals surface area contributed by atoms with Crippen molar-refractivity contribution in [3.8, 4) is 0 Å². The van der Waals surface area contributed by atoms with Crippen LogP contribution in [-0.4, -0.2) is 32.1 Å². The third-order valence-electron chi connectivity index (χ3n) is 5.67. The molecule has 1 aromatic carbocycles. The zero-order valence-corrected chi connectivity index (χ0v) is 15.7. The molecule has 1 aliphatic carbocycles. The summed E-state index contributed by atoms with van der Waals surface area (Å²) in [6.07, 6.45) is 9.74. The average molecular weight is 376 g/mol. The minimum Gasteiger partial charge on any atom is -0.369 e. The van der Waals surface area contributed by atoms with Gasteiger partial charge in [0.25, 0.3) is 0 Å². The van der Waals surface area contributed by atoms with Crippen molar-refractivity contribution >= 4 is 17.3 Å². The standard InChI is InChI=1S/C21H33N3O.2CH4/c1-17-15-19(24-13-11-22-12-14-24)9-10-20(17)23-21(25)16-18-7-5-3-2-4-6-8-18;;/h9-10,15,18,22H,2-8,11-14,16H2,1H3,(H,23,25);2*1H4. The van der Waals surface area contributed by atoms with Gasteiger partial charge in [0.05, 0.1) is 0 Å². The summed E-state index contributed by atoms with van der Waals surface area (Å²) in [5.74, 6) is 0.754. The molecular weight excluding hydrogens is 334 g/mol. The molecule has 2 fully saturated rings. The lowest BCUT2D eigenvalue weighted by atomic mass is 9.88. The van der Waals surface area contributed by atoms with Gasteiger partial charge in [-0.2, -0.15) is 0 Å². The van der Waals surface area contributed by atoms with Crippen molar-refractivity contribution in [2.45, 2.75) is 73.1 Å². The summed E-state index contributed by atoms with van der Waals surface area (Å²) in [6, 6.07) is 6.42. The normalized spacial score (nSPS) is 18.5. The zero-order valence-electron chi connectivity index (χ0n) is 15.7. The molecule has 1 amide bonds. The van der Waals surface area contributed by atoms with Gasteiger partial charge in [0.1, 0.15) is 0 Å². The van der Waals surface area contributed by atoms with Crippen LogP contribution < -0.4 is 15.5 Å². The van der Waals surface area contributed by atoms with Gasteiger partial charge in [-0.1, -0.05) is 47.0 Å². The molecule has 1 aromatic rings. The fourth-order valence-electron chi connectivity index (χ4n) is 4.12. The summed E-state index contributed by atoms with van der Waals surface area (Å²) < 4.78 is 0. The van der Waals surface area contributed by atoms with E-state index in [1.54, 1.807) is 0 Å². The van der Waals surface area contributed by atoms with Crippen LogP contribution >= 0.6 is 0 Å². The molecule has 1 saturated heterocycles. The Morgan fingerprint density at radius 1 is 1.07 bits per heavy atom. The Morgan fingerprint density at radius 2 is 1.70 bits per heavy atom. The van der Waals surface area contributed by atoms with E-state index < -0.39 is 0 Å². The Morgan fingerprint density at radius 3 is 2.33 bits per heavy atom. The van der Waals surface area contributed by atoms with Gasteiger partial charge in [-0.05, 0) is 49.4 Å². The van der Waals surface area contributed by atoms with E-state index in [0.29, 0.717) is 12.3 Å². The van der Waals surface area contributed by atoms with Gasteiger partial charge in [-0.3, -0.25) is 4.79 Å². The molecule has 4 nitrogen and oxygen atoms in total. The number of piperazine rings is 1. The number of amides is 1. The minimum atomic E-state index is 0. The zero-order chi connectivity index (χ0) is 17.5. The first-order valence-electron chi connectivity index (χ1n) is 10.1. The number of nitrogens with zero attached hydrogens (tertiary/aromatic N) is 1. The van der Waals surface area contributed by atoms with Crippen LogP contribution in [0.1, 0.15) is 71.8 Å². The number of nitrogens with one attached hydrogen (secondary N) is 2. The lowest BCUT2D eigenvalue weighted by Gasteiger charge is -2.30. The van der Waals surface area contributed by atoms with E-state index in [-0.39, 0.29) is 20.8 Å². The highest BCUT2D eigenvalue weighted by Gasteiger charge is 2.17. The third-order valence-corrected chi connectivity index (χ3v) is 5.67. The number of hydrogen-bond donors (Lipinski definition) is 2. The van der Waals surface area contributed by atoms with Crippen LogP contribution in [-0.2, 0) is 4.79 Å². The highest BCUT2D eigenvalue weighted by molar-refractivity contribution is 5.91. The molecule has 4 heteroatoms. The molecule has 2 aliphatic rings. The molecule has 1 saturated carbocycles. The third kappa shape index (κ3) is 7.17. The van der Waals surface area contributed by atoms with Gasteiger partial charge < -0.3 is 15.5 Å².